The van der Waals surface area contributed by atoms with Gasteiger partial charge < -0.3 is 14.5 Å². The molecule has 21 heavy (non-hydrogen) atoms. The lowest BCUT2D eigenvalue weighted by Gasteiger charge is -2.35. The SMILES string of the molecule is O=C(C1CCN(c2ccc(Cl)nn2)CC1)N1CCOCC1. The highest BCUT2D eigenvalue weighted by Crippen LogP contribution is 2.23. The van der Waals surface area contributed by atoms with Crippen LogP contribution in [0.4, 0.5) is 5.82 Å². The van der Waals surface area contributed by atoms with E-state index in [0.717, 1.165) is 44.8 Å². The first-order valence-electron chi connectivity index (χ1n) is 7.35. The first-order valence-corrected chi connectivity index (χ1v) is 7.72. The Kier molecular flexibility index (Phi) is 4.55. The number of aromatic nitrogens is 2. The summed E-state index contributed by atoms with van der Waals surface area (Å²) in [6, 6.07) is 3.62. The number of amides is 1. The molecule has 3 heterocycles. The second kappa shape index (κ2) is 6.58. The molecule has 0 aromatic carbocycles. The van der Waals surface area contributed by atoms with Gasteiger partial charge in [-0.05, 0) is 25.0 Å². The molecule has 0 saturated carbocycles. The summed E-state index contributed by atoms with van der Waals surface area (Å²) in [5.74, 6) is 1.23. The van der Waals surface area contributed by atoms with Gasteiger partial charge in [-0.2, -0.15) is 0 Å². The minimum absolute atomic E-state index is 0.125. The molecule has 1 aromatic heterocycles. The number of hydrogen-bond donors (Lipinski definition) is 0. The number of piperidine rings is 1. The minimum atomic E-state index is 0.125. The first-order chi connectivity index (χ1) is 10.2. The topological polar surface area (TPSA) is 58.6 Å². The van der Waals surface area contributed by atoms with Crippen LogP contribution in [0.1, 0.15) is 12.8 Å². The second-order valence-electron chi connectivity index (χ2n) is 5.41. The van der Waals surface area contributed by atoms with Crippen LogP contribution in [0, 0.1) is 5.92 Å². The van der Waals surface area contributed by atoms with E-state index in [0.29, 0.717) is 18.4 Å². The Labute approximate surface area is 129 Å². The lowest BCUT2D eigenvalue weighted by molar-refractivity contribution is -0.140. The van der Waals surface area contributed by atoms with Crippen LogP contribution >= 0.6 is 11.6 Å². The van der Waals surface area contributed by atoms with Crippen molar-refractivity contribution >= 4 is 23.3 Å². The molecule has 3 rings (SSSR count). The molecule has 0 spiro atoms. The van der Waals surface area contributed by atoms with E-state index in [1.165, 1.54) is 0 Å². The molecule has 2 aliphatic rings. The summed E-state index contributed by atoms with van der Waals surface area (Å²) in [7, 11) is 0. The zero-order chi connectivity index (χ0) is 14.7. The van der Waals surface area contributed by atoms with E-state index >= 15 is 0 Å². The molecule has 0 N–H and O–H groups in total. The number of carbonyl (C=O) groups excluding carboxylic acids is 1. The number of morpholine rings is 1. The van der Waals surface area contributed by atoms with Gasteiger partial charge in [-0.15, -0.1) is 10.2 Å². The molecule has 6 nitrogen and oxygen atoms in total. The quantitative estimate of drug-likeness (QED) is 0.821. The average Bonchev–Trinajstić information content (AvgIpc) is 2.56. The van der Waals surface area contributed by atoms with E-state index in [-0.39, 0.29) is 11.8 Å². The van der Waals surface area contributed by atoms with E-state index in [2.05, 4.69) is 15.1 Å². The minimum Gasteiger partial charge on any atom is -0.378 e. The van der Waals surface area contributed by atoms with Crippen molar-refractivity contribution < 1.29 is 9.53 Å². The molecule has 1 aromatic rings. The smallest absolute Gasteiger partial charge is 0.225 e. The highest BCUT2D eigenvalue weighted by atomic mass is 35.5. The van der Waals surface area contributed by atoms with Gasteiger partial charge in [-0.25, -0.2) is 0 Å². The van der Waals surface area contributed by atoms with Gasteiger partial charge >= 0.3 is 0 Å². The largest absolute Gasteiger partial charge is 0.378 e. The van der Waals surface area contributed by atoms with Crippen molar-refractivity contribution in [1.29, 1.82) is 0 Å². The van der Waals surface area contributed by atoms with E-state index in [1.54, 1.807) is 6.07 Å². The van der Waals surface area contributed by atoms with Gasteiger partial charge in [0.25, 0.3) is 0 Å². The molecule has 114 valence electrons. The van der Waals surface area contributed by atoms with Crippen LogP contribution < -0.4 is 4.90 Å². The first kappa shape index (κ1) is 14.5. The Morgan fingerprint density at radius 3 is 2.48 bits per heavy atom. The number of rotatable bonds is 2. The summed E-state index contributed by atoms with van der Waals surface area (Å²) in [5, 5.41) is 8.36. The van der Waals surface area contributed by atoms with Gasteiger partial charge in [0.05, 0.1) is 13.2 Å². The number of halogens is 1. The number of carbonyl (C=O) groups is 1. The fourth-order valence-corrected chi connectivity index (χ4v) is 2.98. The van der Waals surface area contributed by atoms with Crippen molar-refractivity contribution in [2.45, 2.75) is 12.8 Å². The van der Waals surface area contributed by atoms with Gasteiger partial charge in [0.2, 0.25) is 5.91 Å². The summed E-state index contributed by atoms with van der Waals surface area (Å²) >= 11 is 5.75. The maximum absolute atomic E-state index is 12.4. The summed E-state index contributed by atoms with van der Waals surface area (Å²) in [6.07, 6.45) is 1.72. The molecule has 0 unspecified atom stereocenters. The predicted octanol–water partition coefficient (Wildman–Crippen LogP) is 1.21. The van der Waals surface area contributed by atoms with Crippen LogP contribution in [0.2, 0.25) is 5.15 Å². The number of ether oxygens (including phenoxy) is 1. The molecule has 7 heteroatoms. The van der Waals surface area contributed by atoms with Crippen molar-refractivity contribution in [2.75, 3.05) is 44.3 Å². The number of nitrogens with zero attached hydrogens (tertiary/aromatic N) is 4. The number of hydrogen-bond acceptors (Lipinski definition) is 5. The fourth-order valence-electron chi connectivity index (χ4n) is 2.88. The van der Waals surface area contributed by atoms with Crippen molar-refractivity contribution in [1.82, 2.24) is 15.1 Å². The van der Waals surface area contributed by atoms with E-state index in [1.807, 2.05) is 11.0 Å². The molecular formula is C14H19ClN4O2. The third-order valence-corrected chi connectivity index (χ3v) is 4.31. The Morgan fingerprint density at radius 2 is 1.86 bits per heavy atom. The summed E-state index contributed by atoms with van der Waals surface area (Å²) in [4.78, 5) is 16.5. The maximum atomic E-state index is 12.4. The zero-order valence-electron chi connectivity index (χ0n) is 11.9. The Hall–Kier alpha value is -1.40. The zero-order valence-corrected chi connectivity index (χ0v) is 12.6. The van der Waals surface area contributed by atoms with Crippen LogP contribution in [-0.4, -0.2) is 60.4 Å². The van der Waals surface area contributed by atoms with Gasteiger partial charge in [0.1, 0.15) is 0 Å². The molecule has 2 saturated heterocycles. The van der Waals surface area contributed by atoms with Crippen LogP contribution in [0.25, 0.3) is 0 Å². The number of anilines is 1. The maximum Gasteiger partial charge on any atom is 0.225 e. The monoisotopic (exact) mass is 310 g/mol. The lowest BCUT2D eigenvalue weighted by Crippen LogP contribution is -2.46. The van der Waals surface area contributed by atoms with Crippen molar-refractivity contribution in [2.24, 2.45) is 5.92 Å². The molecule has 2 aliphatic heterocycles. The highest BCUT2D eigenvalue weighted by molar-refractivity contribution is 6.29. The van der Waals surface area contributed by atoms with Gasteiger partial charge in [0, 0.05) is 32.1 Å². The van der Waals surface area contributed by atoms with Crippen molar-refractivity contribution in [3.63, 3.8) is 0 Å². The summed E-state index contributed by atoms with van der Waals surface area (Å²) < 4.78 is 5.29. The van der Waals surface area contributed by atoms with Gasteiger partial charge in [-0.3, -0.25) is 4.79 Å². The van der Waals surface area contributed by atoms with E-state index in [9.17, 15) is 4.79 Å². The second-order valence-corrected chi connectivity index (χ2v) is 5.80. The molecule has 2 fully saturated rings. The van der Waals surface area contributed by atoms with E-state index < -0.39 is 0 Å². The predicted molar refractivity (Wildman–Crippen MR) is 79.4 cm³/mol. The Morgan fingerprint density at radius 1 is 1.14 bits per heavy atom. The highest BCUT2D eigenvalue weighted by Gasteiger charge is 2.29. The van der Waals surface area contributed by atoms with Crippen LogP contribution in [-0.2, 0) is 9.53 Å². The van der Waals surface area contributed by atoms with Crippen LogP contribution in [0.5, 0.6) is 0 Å². The molecule has 0 bridgehead atoms. The molecule has 1 amide bonds. The Balaban J connectivity index is 1.54. The third kappa shape index (κ3) is 3.44. The van der Waals surface area contributed by atoms with Crippen molar-refractivity contribution in [3.8, 4) is 0 Å². The Bertz CT molecular complexity index is 482. The van der Waals surface area contributed by atoms with E-state index in [4.69, 9.17) is 16.3 Å². The lowest BCUT2D eigenvalue weighted by atomic mass is 9.95. The molecule has 0 atom stereocenters. The standard InChI is InChI=1S/C14H19ClN4O2/c15-12-1-2-13(17-16-12)18-5-3-11(4-6-18)14(20)19-7-9-21-10-8-19/h1-2,11H,3-10H2. The van der Waals surface area contributed by atoms with Crippen LogP contribution in [0.15, 0.2) is 12.1 Å². The van der Waals surface area contributed by atoms with Crippen molar-refractivity contribution in [3.05, 3.63) is 17.3 Å². The fraction of sp³-hybridized carbons (Fsp3) is 0.643. The summed E-state index contributed by atoms with van der Waals surface area (Å²) in [6.45, 7) is 4.42. The normalized spacial score (nSPS) is 20.6. The van der Waals surface area contributed by atoms with Gasteiger partial charge in [0.15, 0.2) is 11.0 Å². The molecular weight excluding hydrogens is 292 g/mol. The molecule has 0 aliphatic carbocycles. The van der Waals surface area contributed by atoms with Gasteiger partial charge in [-0.1, -0.05) is 11.6 Å². The summed E-state index contributed by atoms with van der Waals surface area (Å²) in [5.41, 5.74) is 0. The third-order valence-electron chi connectivity index (χ3n) is 4.11. The van der Waals surface area contributed by atoms with Crippen LogP contribution in [0.3, 0.4) is 0 Å². The molecule has 0 radical (unpaired) electrons. The average molecular weight is 311 g/mol.